The Labute approximate surface area is 317 Å². The second-order valence-electron chi connectivity index (χ2n) is 14.0. The summed E-state index contributed by atoms with van der Waals surface area (Å²) in [7, 11) is 3.33. The average molecular weight is 738 g/mol. The van der Waals surface area contributed by atoms with Gasteiger partial charge >= 0.3 is 0 Å². The fourth-order valence-corrected chi connectivity index (χ4v) is 7.28. The summed E-state index contributed by atoms with van der Waals surface area (Å²) < 4.78 is 24.5. The minimum absolute atomic E-state index is 0.00977. The van der Waals surface area contributed by atoms with Gasteiger partial charge in [0, 0.05) is 51.0 Å². The van der Waals surface area contributed by atoms with Crippen molar-refractivity contribution in [3.8, 4) is 22.6 Å². The normalized spacial score (nSPS) is 18.4. The number of methoxy groups -OCH3 is 2. The molecule has 4 N–H and O–H groups in total. The molecule has 0 radical (unpaired) electrons. The van der Waals surface area contributed by atoms with Crippen molar-refractivity contribution >= 4 is 11.8 Å². The molecule has 0 spiro atoms. The van der Waals surface area contributed by atoms with Gasteiger partial charge in [0.25, 0.3) is 0 Å². The Morgan fingerprint density at radius 1 is 0.833 bits per heavy atom. The highest BCUT2D eigenvalue weighted by Crippen LogP contribution is 2.40. The first-order valence-electron chi connectivity index (χ1n) is 18.7. The van der Waals surface area contributed by atoms with Crippen molar-refractivity contribution in [2.45, 2.75) is 83.1 Å². The van der Waals surface area contributed by atoms with Crippen LogP contribution in [-0.2, 0) is 45.2 Å². The Hall–Kier alpha value is -4.78. The number of ether oxygens (including phenoxy) is 4. The van der Waals surface area contributed by atoms with Crippen LogP contribution in [0.2, 0.25) is 0 Å². The molecule has 3 unspecified atom stereocenters. The van der Waals surface area contributed by atoms with Gasteiger partial charge in [-0.2, -0.15) is 0 Å². The highest BCUT2D eigenvalue weighted by molar-refractivity contribution is 5.76. The summed E-state index contributed by atoms with van der Waals surface area (Å²) >= 11 is 0. The van der Waals surface area contributed by atoms with Crippen molar-refractivity contribution in [2.75, 3.05) is 27.3 Å². The maximum absolute atomic E-state index is 12.6. The van der Waals surface area contributed by atoms with Gasteiger partial charge in [0.15, 0.2) is 17.8 Å². The van der Waals surface area contributed by atoms with Crippen LogP contribution < -0.4 is 20.3 Å². The van der Waals surface area contributed by atoms with E-state index in [1.807, 2.05) is 42.5 Å². The van der Waals surface area contributed by atoms with E-state index in [0.29, 0.717) is 32.2 Å². The van der Waals surface area contributed by atoms with Gasteiger partial charge in [-0.15, -0.1) is 0 Å². The van der Waals surface area contributed by atoms with E-state index in [1.54, 1.807) is 19.7 Å². The molecule has 0 saturated carbocycles. The van der Waals surface area contributed by atoms with Crippen molar-refractivity contribution in [1.82, 2.24) is 15.7 Å². The summed E-state index contributed by atoms with van der Waals surface area (Å²) in [6.45, 7) is 2.83. The predicted molar refractivity (Wildman–Crippen MR) is 204 cm³/mol. The summed E-state index contributed by atoms with van der Waals surface area (Å²) in [6, 6.07) is 28.4. The van der Waals surface area contributed by atoms with Crippen LogP contribution in [0.1, 0.15) is 84.3 Å². The summed E-state index contributed by atoms with van der Waals surface area (Å²) in [5, 5.41) is 21.3. The Morgan fingerprint density at radius 2 is 1.52 bits per heavy atom. The first-order chi connectivity index (χ1) is 26.4. The van der Waals surface area contributed by atoms with E-state index < -0.39 is 12.2 Å². The van der Waals surface area contributed by atoms with Crippen LogP contribution in [0.4, 0.5) is 0 Å². The highest BCUT2D eigenvalue weighted by atomic mass is 16.7. The number of hydroxylamine groups is 1. The number of rotatable bonds is 16. The third kappa shape index (κ3) is 10.0. The van der Waals surface area contributed by atoms with Crippen LogP contribution in [0.5, 0.6) is 11.5 Å². The molecule has 2 aliphatic heterocycles. The number of benzene rings is 4. The maximum atomic E-state index is 12.6. The Kier molecular flexibility index (Phi) is 13.7. The Bertz CT molecular complexity index is 1850. The molecule has 4 aromatic rings. The van der Waals surface area contributed by atoms with E-state index in [-0.39, 0.29) is 31.1 Å². The lowest BCUT2D eigenvalue weighted by Gasteiger charge is -2.39. The van der Waals surface area contributed by atoms with Crippen LogP contribution in [0.25, 0.3) is 11.1 Å². The van der Waals surface area contributed by atoms with Crippen molar-refractivity contribution in [2.24, 2.45) is 0 Å². The molecule has 0 aromatic heterocycles. The second-order valence-corrected chi connectivity index (χ2v) is 14.0. The number of hydrogen-bond donors (Lipinski definition) is 4. The molecule has 1 fully saturated rings. The van der Waals surface area contributed by atoms with Gasteiger partial charge in [-0.3, -0.25) is 19.7 Å². The standard InChI is InChI=1S/C43H51N3O8/c1-51-39-22-33-20-21-46(26-35(33)23-40(39)52-2)27-36-24-38(31-14-12-29(28-47)13-15-31)54-43(53-36)32-18-16-30(17-19-32)37-9-7-6-8-34(37)25-44-41(48)10-4-3-5-11-42(49)45-50/h6-9,12-19,22-23,36,38,43,47,50H,3-5,10-11,20-21,24-28H2,1-2H3,(H,44,48)(H,45,49). The quantitative estimate of drug-likeness (QED) is 0.0574. The number of amides is 2. The average Bonchev–Trinajstić information content (AvgIpc) is 3.22. The molecule has 11 heteroatoms. The second kappa shape index (κ2) is 19.0. The number of nitrogens with zero attached hydrogens (tertiary/aromatic N) is 1. The van der Waals surface area contributed by atoms with Crippen LogP contribution in [0, 0.1) is 0 Å². The topological polar surface area (TPSA) is 139 Å². The van der Waals surface area contributed by atoms with E-state index >= 15 is 0 Å². The summed E-state index contributed by atoms with van der Waals surface area (Å²) in [6.07, 6.45) is 3.40. The van der Waals surface area contributed by atoms with Crippen molar-refractivity contribution in [3.05, 3.63) is 118 Å². The minimum Gasteiger partial charge on any atom is -0.493 e. The molecule has 2 aliphatic rings. The molecule has 2 heterocycles. The molecule has 286 valence electrons. The van der Waals surface area contributed by atoms with E-state index in [9.17, 15) is 14.7 Å². The number of carbonyl (C=O) groups is 2. The number of nitrogens with one attached hydrogen (secondary N) is 2. The molecule has 54 heavy (non-hydrogen) atoms. The Balaban J connectivity index is 1.13. The predicted octanol–water partition coefficient (Wildman–Crippen LogP) is 6.54. The van der Waals surface area contributed by atoms with E-state index in [1.165, 1.54) is 11.1 Å². The first-order valence-corrected chi connectivity index (χ1v) is 18.7. The zero-order chi connectivity index (χ0) is 37.9. The molecular weight excluding hydrogens is 686 g/mol. The largest absolute Gasteiger partial charge is 0.493 e. The SMILES string of the molecule is COc1cc2c(cc1OC)CN(CC1CC(c3ccc(CO)cc3)OC(c3ccc(-c4ccccc4CNC(=O)CCCCCC(=O)NO)cc3)O1)CC2. The third-order valence-electron chi connectivity index (χ3n) is 10.3. The monoisotopic (exact) mass is 737 g/mol. The molecular formula is C43H51N3O8. The molecule has 6 rings (SSSR count). The molecule has 1 saturated heterocycles. The third-order valence-corrected chi connectivity index (χ3v) is 10.3. The lowest BCUT2D eigenvalue weighted by atomic mass is 9.96. The minimum atomic E-state index is -0.575. The number of carbonyl (C=O) groups excluding carboxylic acids is 2. The zero-order valence-electron chi connectivity index (χ0n) is 31.1. The molecule has 0 aliphatic carbocycles. The number of aliphatic hydroxyl groups is 1. The molecule has 2 amide bonds. The fraction of sp³-hybridized carbons (Fsp3) is 0.395. The maximum Gasteiger partial charge on any atom is 0.243 e. The first kappa shape index (κ1) is 38.9. The fourth-order valence-electron chi connectivity index (χ4n) is 7.28. The van der Waals surface area contributed by atoms with E-state index in [0.717, 1.165) is 77.4 Å². The van der Waals surface area contributed by atoms with Crippen molar-refractivity contribution in [1.29, 1.82) is 0 Å². The summed E-state index contributed by atoms with van der Waals surface area (Å²) in [5.74, 6) is 1.04. The van der Waals surface area contributed by atoms with E-state index in [4.69, 9.17) is 24.2 Å². The Morgan fingerprint density at radius 3 is 2.22 bits per heavy atom. The summed E-state index contributed by atoms with van der Waals surface area (Å²) in [5.41, 5.74) is 10.0. The molecule has 0 bridgehead atoms. The van der Waals surface area contributed by atoms with Gasteiger partial charge in [-0.1, -0.05) is 79.2 Å². The molecule has 3 atom stereocenters. The lowest BCUT2D eigenvalue weighted by Crippen LogP contribution is -2.41. The number of hydrogen-bond acceptors (Lipinski definition) is 9. The molecule has 11 nitrogen and oxygen atoms in total. The number of fused-ring (bicyclic) bond motifs is 1. The lowest BCUT2D eigenvalue weighted by molar-refractivity contribution is -0.253. The number of aliphatic hydroxyl groups excluding tert-OH is 1. The van der Waals surface area contributed by atoms with Gasteiger partial charge in [0.2, 0.25) is 11.8 Å². The summed E-state index contributed by atoms with van der Waals surface area (Å²) in [4.78, 5) is 26.2. The van der Waals surface area contributed by atoms with Crippen LogP contribution in [-0.4, -0.2) is 60.4 Å². The molecule has 4 aromatic carbocycles. The van der Waals surface area contributed by atoms with Crippen LogP contribution in [0.15, 0.2) is 84.9 Å². The van der Waals surface area contributed by atoms with Gasteiger partial charge in [0.1, 0.15) is 0 Å². The number of unbranched alkanes of at least 4 members (excludes halogenated alkanes) is 2. The van der Waals surface area contributed by atoms with Crippen LogP contribution in [0.3, 0.4) is 0 Å². The highest BCUT2D eigenvalue weighted by Gasteiger charge is 2.34. The van der Waals surface area contributed by atoms with E-state index in [2.05, 4.69) is 52.7 Å². The van der Waals surface area contributed by atoms with Crippen molar-refractivity contribution in [3.63, 3.8) is 0 Å². The van der Waals surface area contributed by atoms with Crippen molar-refractivity contribution < 1.29 is 38.9 Å². The van der Waals surface area contributed by atoms with Gasteiger partial charge in [0.05, 0.1) is 33.0 Å². The zero-order valence-corrected chi connectivity index (χ0v) is 31.1. The smallest absolute Gasteiger partial charge is 0.243 e. The van der Waals surface area contributed by atoms with Gasteiger partial charge < -0.3 is 29.4 Å². The van der Waals surface area contributed by atoms with Gasteiger partial charge in [-0.05, 0) is 70.3 Å². The van der Waals surface area contributed by atoms with Gasteiger partial charge in [-0.25, -0.2) is 5.48 Å². The van der Waals surface area contributed by atoms with Crippen LogP contribution >= 0.6 is 0 Å².